The molecule has 5 nitrogen and oxygen atoms in total. The zero-order valence-corrected chi connectivity index (χ0v) is 16.6. The lowest BCUT2D eigenvalue weighted by Gasteiger charge is -2.41. The predicted molar refractivity (Wildman–Crippen MR) is 107 cm³/mol. The Hall–Kier alpha value is -2.95. The fraction of sp³-hybridized carbons (Fsp3) is 0.318. The van der Waals surface area contributed by atoms with Crippen molar-refractivity contribution in [3.8, 4) is 17.2 Å². The van der Waals surface area contributed by atoms with Crippen molar-refractivity contribution in [2.24, 2.45) is 0 Å². The number of carbonyl (C=O) groups is 1. The van der Waals surface area contributed by atoms with E-state index in [2.05, 4.69) is 13.0 Å². The Labute approximate surface area is 160 Å². The third kappa shape index (κ3) is 3.37. The van der Waals surface area contributed by atoms with Gasteiger partial charge in [0, 0.05) is 17.2 Å². The number of anilines is 1. The number of ether oxygens (including phenoxy) is 3. The summed E-state index contributed by atoms with van der Waals surface area (Å²) in [5, 5.41) is 0. The second-order valence-electron chi connectivity index (χ2n) is 7.11. The van der Waals surface area contributed by atoms with E-state index in [9.17, 15) is 4.79 Å². The molecule has 5 heteroatoms. The normalized spacial score (nSPS) is 14.9. The van der Waals surface area contributed by atoms with Crippen LogP contribution < -0.4 is 19.1 Å². The van der Waals surface area contributed by atoms with Crippen molar-refractivity contribution >= 4 is 17.2 Å². The molecule has 3 rings (SSSR count). The first kappa shape index (κ1) is 18.8. The van der Waals surface area contributed by atoms with Gasteiger partial charge in [-0.2, -0.15) is 0 Å². The highest BCUT2D eigenvalue weighted by molar-refractivity contribution is 6.10. The molecule has 0 atom stereocenters. The fourth-order valence-electron chi connectivity index (χ4n) is 3.57. The van der Waals surface area contributed by atoms with Crippen molar-refractivity contribution in [3.63, 3.8) is 0 Å². The Morgan fingerprint density at radius 2 is 1.48 bits per heavy atom. The van der Waals surface area contributed by atoms with Crippen LogP contribution in [0.4, 0.5) is 5.69 Å². The summed E-state index contributed by atoms with van der Waals surface area (Å²) >= 11 is 0. The van der Waals surface area contributed by atoms with Crippen molar-refractivity contribution in [3.05, 3.63) is 53.6 Å². The molecule has 0 saturated heterocycles. The monoisotopic (exact) mass is 367 g/mol. The lowest BCUT2D eigenvalue weighted by molar-refractivity contribution is 0.0969. The number of hydrogen-bond acceptors (Lipinski definition) is 4. The summed E-state index contributed by atoms with van der Waals surface area (Å²) < 4.78 is 16.0. The Bertz CT molecular complexity index is 892. The van der Waals surface area contributed by atoms with E-state index in [1.54, 1.807) is 39.5 Å². The highest BCUT2D eigenvalue weighted by atomic mass is 16.5. The zero-order valence-electron chi connectivity index (χ0n) is 16.6. The summed E-state index contributed by atoms with van der Waals surface area (Å²) in [7, 11) is 4.78. The molecular weight excluding hydrogens is 342 g/mol. The number of rotatable bonds is 4. The van der Waals surface area contributed by atoms with E-state index >= 15 is 0 Å². The summed E-state index contributed by atoms with van der Waals surface area (Å²) in [4.78, 5) is 15.3. The molecule has 0 unspecified atom stereocenters. The summed E-state index contributed by atoms with van der Waals surface area (Å²) in [5.41, 5.74) is 2.97. The molecule has 0 N–H and O–H groups in total. The number of benzene rings is 2. The van der Waals surface area contributed by atoms with Gasteiger partial charge < -0.3 is 14.2 Å². The highest BCUT2D eigenvalue weighted by Crippen LogP contribution is 2.41. The highest BCUT2D eigenvalue weighted by Gasteiger charge is 2.36. The number of nitrogens with zero attached hydrogens (tertiary/aromatic N) is 1. The first-order valence-corrected chi connectivity index (χ1v) is 8.76. The average Bonchev–Trinajstić information content (AvgIpc) is 2.66. The van der Waals surface area contributed by atoms with Crippen molar-refractivity contribution in [2.75, 3.05) is 26.2 Å². The van der Waals surface area contributed by atoms with Gasteiger partial charge in [-0.1, -0.05) is 6.08 Å². The van der Waals surface area contributed by atoms with Crippen LogP contribution in [-0.2, 0) is 0 Å². The van der Waals surface area contributed by atoms with Crippen LogP contribution in [0.2, 0.25) is 0 Å². The average molecular weight is 367 g/mol. The van der Waals surface area contributed by atoms with Gasteiger partial charge in [0.15, 0.2) is 0 Å². The van der Waals surface area contributed by atoms with Crippen LogP contribution in [0.1, 0.15) is 36.7 Å². The van der Waals surface area contributed by atoms with E-state index in [0.717, 1.165) is 22.6 Å². The molecule has 1 amide bonds. The van der Waals surface area contributed by atoms with Gasteiger partial charge in [-0.3, -0.25) is 9.69 Å². The maximum Gasteiger partial charge on any atom is 0.259 e. The lowest BCUT2D eigenvalue weighted by Crippen LogP contribution is -2.49. The minimum Gasteiger partial charge on any atom is -0.497 e. The van der Waals surface area contributed by atoms with Gasteiger partial charge in [-0.25, -0.2) is 0 Å². The van der Waals surface area contributed by atoms with E-state index < -0.39 is 5.54 Å². The number of carbonyl (C=O) groups excluding carboxylic acids is 1. The Morgan fingerprint density at radius 1 is 0.889 bits per heavy atom. The summed E-state index contributed by atoms with van der Waals surface area (Å²) in [6.07, 6.45) is 2.10. The van der Waals surface area contributed by atoms with E-state index in [0.29, 0.717) is 17.1 Å². The van der Waals surface area contributed by atoms with Crippen molar-refractivity contribution < 1.29 is 19.0 Å². The first-order chi connectivity index (χ1) is 12.8. The van der Waals surface area contributed by atoms with Gasteiger partial charge in [-0.15, -0.1) is 0 Å². The molecule has 0 bridgehead atoms. The minimum atomic E-state index is -0.487. The largest absolute Gasteiger partial charge is 0.497 e. The van der Waals surface area contributed by atoms with Crippen LogP contribution in [0, 0.1) is 0 Å². The van der Waals surface area contributed by atoms with Gasteiger partial charge in [-0.05, 0) is 56.7 Å². The maximum absolute atomic E-state index is 13.5. The standard InChI is InChI=1S/C22H25NO4/c1-14-13-22(2,3)23(20-8-7-16(25-4)12-19(14)20)21(24)15-9-17(26-5)11-18(10-15)27-6/h7-13H,1-6H3. The van der Waals surface area contributed by atoms with Crippen LogP contribution in [0.3, 0.4) is 0 Å². The molecule has 0 radical (unpaired) electrons. The molecule has 2 aromatic rings. The first-order valence-electron chi connectivity index (χ1n) is 8.76. The Morgan fingerprint density at radius 3 is 2.04 bits per heavy atom. The number of fused-ring (bicyclic) bond motifs is 1. The Balaban J connectivity index is 2.14. The van der Waals surface area contributed by atoms with E-state index in [1.165, 1.54) is 0 Å². The topological polar surface area (TPSA) is 48.0 Å². The van der Waals surface area contributed by atoms with Gasteiger partial charge in [0.1, 0.15) is 17.2 Å². The van der Waals surface area contributed by atoms with Crippen LogP contribution >= 0.6 is 0 Å². The van der Waals surface area contributed by atoms with E-state index in [-0.39, 0.29) is 5.91 Å². The smallest absolute Gasteiger partial charge is 0.259 e. The molecule has 1 aliphatic rings. The maximum atomic E-state index is 13.5. The van der Waals surface area contributed by atoms with Crippen molar-refractivity contribution in [1.82, 2.24) is 0 Å². The minimum absolute atomic E-state index is 0.118. The van der Waals surface area contributed by atoms with Crippen LogP contribution in [0.15, 0.2) is 42.5 Å². The van der Waals surface area contributed by atoms with Gasteiger partial charge in [0.05, 0.1) is 32.6 Å². The van der Waals surface area contributed by atoms with Gasteiger partial charge in [0.25, 0.3) is 5.91 Å². The molecule has 0 aromatic heterocycles. The van der Waals surface area contributed by atoms with Crippen molar-refractivity contribution in [1.29, 1.82) is 0 Å². The Kier molecular flexibility index (Phi) is 4.87. The SMILES string of the molecule is COc1cc(OC)cc(C(=O)N2c3ccc(OC)cc3C(C)=CC2(C)C)c1. The number of amides is 1. The van der Waals surface area contributed by atoms with E-state index in [4.69, 9.17) is 14.2 Å². The van der Waals surface area contributed by atoms with Gasteiger partial charge in [0.2, 0.25) is 0 Å². The molecule has 142 valence electrons. The zero-order chi connectivity index (χ0) is 19.8. The fourth-order valence-corrected chi connectivity index (χ4v) is 3.57. The summed E-state index contributed by atoms with van der Waals surface area (Å²) in [6, 6.07) is 11.0. The second kappa shape index (κ2) is 6.99. The molecule has 1 heterocycles. The molecule has 0 spiro atoms. The predicted octanol–water partition coefficient (Wildman–Crippen LogP) is 4.55. The third-order valence-electron chi connectivity index (χ3n) is 4.82. The molecule has 0 fully saturated rings. The summed E-state index contributed by atoms with van der Waals surface area (Å²) in [6.45, 7) is 6.11. The lowest BCUT2D eigenvalue weighted by atomic mass is 9.88. The summed E-state index contributed by atoms with van der Waals surface area (Å²) in [5.74, 6) is 1.80. The van der Waals surface area contributed by atoms with E-state index in [1.807, 2.05) is 36.9 Å². The molecule has 0 saturated carbocycles. The molecule has 0 aliphatic carbocycles. The van der Waals surface area contributed by atoms with Crippen LogP contribution in [0.25, 0.3) is 5.57 Å². The van der Waals surface area contributed by atoms with Crippen LogP contribution in [-0.4, -0.2) is 32.8 Å². The second-order valence-corrected chi connectivity index (χ2v) is 7.11. The van der Waals surface area contributed by atoms with Gasteiger partial charge >= 0.3 is 0 Å². The molecule has 27 heavy (non-hydrogen) atoms. The van der Waals surface area contributed by atoms with Crippen LogP contribution in [0.5, 0.6) is 17.2 Å². The molecule has 1 aliphatic heterocycles. The quantitative estimate of drug-likeness (QED) is 0.795. The molecule has 2 aromatic carbocycles. The number of methoxy groups -OCH3 is 3. The number of hydrogen-bond donors (Lipinski definition) is 0. The third-order valence-corrected chi connectivity index (χ3v) is 4.82. The number of allylic oxidation sites excluding steroid dienone is 1. The molecular formula is C22H25NO4. The van der Waals surface area contributed by atoms with Crippen molar-refractivity contribution in [2.45, 2.75) is 26.3 Å².